The molecule has 0 aliphatic rings. The van der Waals surface area contributed by atoms with E-state index in [1.54, 1.807) is 0 Å². The van der Waals surface area contributed by atoms with Crippen LogP contribution in [0.2, 0.25) is 5.02 Å². The van der Waals surface area contributed by atoms with Crippen LogP contribution >= 0.6 is 27.5 Å². The molecule has 0 saturated heterocycles. The summed E-state index contributed by atoms with van der Waals surface area (Å²) in [4.78, 5) is 0. The predicted octanol–water partition coefficient (Wildman–Crippen LogP) is 3.44. The minimum absolute atomic E-state index is 0.0961. The number of benzene rings is 1. The normalized spacial score (nSPS) is 12.6. The van der Waals surface area contributed by atoms with E-state index in [2.05, 4.69) is 21.4 Å². The molecule has 1 aromatic carbocycles. The summed E-state index contributed by atoms with van der Waals surface area (Å²) in [5.74, 6) is 6.32. The summed E-state index contributed by atoms with van der Waals surface area (Å²) in [6.07, 6.45) is 0.677. The number of hydrogen-bond donors (Lipinski definition) is 2. The van der Waals surface area contributed by atoms with Gasteiger partial charge in [-0.05, 0) is 46.1 Å². The van der Waals surface area contributed by atoms with Gasteiger partial charge in [-0.15, -0.1) is 0 Å². The van der Waals surface area contributed by atoms with Gasteiger partial charge in [-0.2, -0.15) is 0 Å². The first-order valence-electron chi connectivity index (χ1n) is 5.15. The highest BCUT2D eigenvalue weighted by molar-refractivity contribution is 9.10. The molecule has 3 N–H and O–H groups in total. The lowest BCUT2D eigenvalue weighted by molar-refractivity contribution is 0.405. The van der Waals surface area contributed by atoms with Crippen LogP contribution in [-0.2, 0) is 6.42 Å². The third-order valence-electron chi connectivity index (χ3n) is 2.52. The molecule has 0 aliphatic carbocycles. The van der Waals surface area contributed by atoms with E-state index >= 15 is 0 Å². The van der Waals surface area contributed by atoms with Gasteiger partial charge in [0.2, 0.25) is 0 Å². The Morgan fingerprint density at radius 1 is 1.29 bits per heavy atom. The monoisotopic (exact) mass is 314 g/mol. The third kappa shape index (κ3) is 3.10. The van der Waals surface area contributed by atoms with Crippen molar-refractivity contribution in [2.24, 2.45) is 5.84 Å². The first-order valence-corrected chi connectivity index (χ1v) is 6.32. The van der Waals surface area contributed by atoms with Crippen molar-refractivity contribution in [3.63, 3.8) is 0 Å². The molecule has 0 saturated carbocycles. The summed E-state index contributed by atoms with van der Waals surface area (Å²) in [6.45, 7) is 0. The molecule has 0 radical (unpaired) electrons. The summed E-state index contributed by atoms with van der Waals surface area (Å²) in [6, 6.07) is 11.3. The number of rotatable bonds is 4. The van der Waals surface area contributed by atoms with Crippen LogP contribution < -0.4 is 11.3 Å². The van der Waals surface area contributed by atoms with Crippen molar-refractivity contribution >= 4 is 27.5 Å². The average molecular weight is 316 g/mol. The van der Waals surface area contributed by atoms with Crippen molar-refractivity contribution in [3.8, 4) is 0 Å². The molecular formula is C12H12BrClN2O. The second kappa shape index (κ2) is 5.69. The van der Waals surface area contributed by atoms with Gasteiger partial charge in [0.05, 0.1) is 6.04 Å². The zero-order valence-corrected chi connectivity index (χ0v) is 11.3. The molecule has 1 unspecified atom stereocenters. The molecule has 2 aromatic rings. The number of nitrogens with one attached hydrogen (secondary N) is 1. The maximum absolute atomic E-state index is 6.11. The first kappa shape index (κ1) is 12.6. The molecule has 1 heterocycles. The molecule has 0 fully saturated rings. The summed E-state index contributed by atoms with van der Waals surface area (Å²) in [7, 11) is 0. The van der Waals surface area contributed by atoms with Crippen molar-refractivity contribution in [1.29, 1.82) is 0 Å². The van der Waals surface area contributed by atoms with Crippen LogP contribution in [0.3, 0.4) is 0 Å². The maximum Gasteiger partial charge on any atom is 0.169 e. The Kier molecular flexibility index (Phi) is 4.23. The Morgan fingerprint density at radius 3 is 2.65 bits per heavy atom. The van der Waals surface area contributed by atoms with E-state index in [0.717, 1.165) is 16.3 Å². The quantitative estimate of drug-likeness (QED) is 0.671. The number of halogens is 2. The van der Waals surface area contributed by atoms with E-state index < -0.39 is 0 Å². The standard InChI is InChI=1S/C12H12BrClN2O/c13-12-6-5-11(17-12)10(16-15)7-8-3-1-2-4-9(8)14/h1-6,10,16H,7,15H2. The lowest BCUT2D eigenvalue weighted by atomic mass is 10.0. The van der Waals surface area contributed by atoms with Gasteiger partial charge in [-0.1, -0.05) is 29.8 Å². The van der Waals surface area contributed by atoms with Crippen molar-refractivity contribution in [2.45, 2.75) is 12.5 Å². The Morgan fingerprint density at radius 2 is 2.06 bits per heavy atom. The highest BCUT2D eigenvalue weighted by Gasteiger charge is 2.15. The maximum atomic E-state index is 6.11. The molecule has 1 atom stereocenters. The zero-order valence-electron chi connectivity index (χ0n) is 8.99. The minimum Gasteiger partial charge on any atom is -0.453 e. The van der Waals surface area contributed by atoms with Gasteiger partial charge in [0, 0.05) is 5.02 Å². The Hall–Kier alpha value is -0.810. The van der Waals surface area contributed by atoms with E-state index in [-0.39, 0.29) is 6.04 Å². The lowest BCUT2D eigenvalue weighted by Crippen LogP contribution is -2.29. The molecule has 17 heavy (non-hydrogen) atoms. The molecule has 1 aromatic heterocycles. The van der Waals surface area contributed by atoms with E-state index in [1.807, 2.05) is 36.4 Å². The molecule has 0 spiro atoms. The van der Waals surface area contributed by atoms with Crippen LogP contribution in [0.5, 0.6) is 0 Å². The molecule has 90 valence electrons. The molecule has 0 aliphatic heterocycles. The van der Waals surface area contributed by atoms with Crippen LogP contribution in [0.15, 0.2) is 45.5 Å². The smallest absolute Gasteiger partial charge is 0.169 e. The SMILES string of the molecule is NNC(Cc1ccccc1Cl)c1ccc(Br)o1. The number of hydrazine groups is 1. The molecule has 2 rings (SSSR count). The first-order chi connectivity index (χ1) is 8.20. The Labute approximate surface area is 113 Å². The van der Waals surface area contributed by atoms with Gasteiger partial charge in [-0.3, -0.25) is 5.84 Å². The van der Waals surface area contributed by atoms with Gasteiger partial charge >= 0.3 is 0 Å². The van der Waals surface area contributed by atoms with Crippen molar-refractivity contribution < 1.29 is 4.42 Å². The van der Waals surface area contributed by atoms with Crippen molar-refractivity contribution in [1.82, 2.24) is 5.43 Å². The fourth-order valence-electron chi connectivity index (χ4n) is 1.64. The second-order valence-electron chi connectivity index (χ2n) is 3.66. The van der Waals surface area contributed by atoms with Crippen LogP contribution in [0, 0.1) is 0 Å². The van der Waals surface area contributed by atoms with E-state index in [1.165, 1.54) is 0 Å². The summed E-state index contributed by atoms with van der Waals surface area (Å²) < 4.78 is 6.17. The van der Waals surface area contributed by atoms with Gasteiger partial charge < -0.3 is 4.42 Å². The number of furan rings is 1. The van der Waals surface area contributed by atoms with Gasteiger partial charge in [0.25, 0.3) is 0 Å². The molecule has 5 heteroatoms. The zero-order chi connectivity index (χ0) is 12.3. The fraction of sp³-hybridized carbons (Fsp3) is 0.167. The molecular weight excluding hydrogens is 304 g/mol. The highest BCUT2D eigenvalue weighted by atomic mass is 79.9. The number of hydrogen-bond acceptors (Lipinski definition) is 3. The topological polar surface area (TPSA) is 51.2 Å². The van der Waals surface area contributed by atoms with E-state index in [4.69, 9.17) is 21.9 Å². The van der Waals surface area contributed by atoms with Gasteiger partial charge in [-0.25, -0.2) is 5.43 Å². The molecule has 0 amide bonds. The Bertz CT molecular complexity index is 501. The largest absolute Gasteiger partial charge is 0.453 e. The van der Waals surface area contributed by atoms with Crippen molar-refractivity contribution in [2.75, 3.05) is 0 Å². The van der Waals surface area contributed by atoms with Crippen LogP contribution in [0.25, 0.3) is 0 Å². The summed E-state index contributed by atoms with van der Waals surface area (Å²) >= 11 is 9.38. The predicted molar refractivity (Wildman–Crippen MR) is 71.6 cm³/mol. The second-order valence-corrected chi connectivity index (χ2v) is 4.85. The third-order valence-corrected chi connectivity index (χ3v) is 3.32. The van der Waals surface area contributed by atoms with Crippen LogP contribution in [-0.4, -0.2) is 0 Å². The van der Waals surface area contributed by atoms with Gasteiger partial charge in [0.15, 0.2) is 4.67 Å². The number of nitrogens with two attached hydrogens (primary N) is 1. The average Bonchev–Trinajstić information content (AvgIpc) is 2.75. The Balaban J connectivity index is 2.18. The van der Waals surface area contributed by atoms with Gasteiger partial charge in [0.1, 0.15) is 5.76 Å². The minimum atomic E-state index is -0.0961. The van der Waals surface area contributed by atoms with Crippen LogP contribution in [0.1, 0.15) is 17.4 Å². The highest BCUT2D eigenvalue weighted by Crippen LogP contribution is 2.25. The molecule has 3 nitrogen and oxygen atoms in total. The van der Waals surface area contributed by atoms with Crippen LogP contribution in [0.4, 0.5) is 0 Å². The summed E-state index contributed by atoms with van der Waals surface area (Å²) in [5.41, 5.74) is 3.77. The van der Waals surface area contributed by atoms with E-state index in [0.29, 0.717) is 11.1 Å². The van der Waals surface area contributed by atoms with Crippen molar-refractivity contribution in [3.05, 3.63) is 57.4 Å². The van der Waals surface area contributed by atoms with E-state index in [9.17, 15) is 0 Å². The lowest BCUT2D eigenvalue weighted by Gasteiger charge is -2.14. The molecule has 0 bridgehead atoms. The summed E-state index contributed by atoms with van der Waals surface area (Å²) in [5, 5.41) is 0.735. The fourth-order valence-corrected chi connectivity index (χ4v) is 2.17.